The largest absolute Gasteiger partial charge is 0.453 e. The van der Waals surface area contributed by atoms with E-state index in [0.717, 1.165) is 5.39 Å². The summed E-state index contributed by atoms with van der Waals surface area (Å²) in [7, 11) is 1.52. The van der Waals surface area contributed by atoms with Gasteiger partial charge in [0, 0.05) is 17.5 Å². The fourth-order valence-electron chi connectivity index (χ4n) is 1.75. The average Bonchev–Trinajstić information content (AvgIpc) is 2.73. The Morgan fingerprint density at radius 2 is 2.24 bits per heavy atom. The normalized spacial score (nSPS) is 12.9. The first-order valence-electron chi connectivity index (χ1n) is 5.41. The minimum atomic E-state index is -0.453. The summed E-state index contributed by atoms with van der Waals surface area (Å²) in [5.41, 5.74) is 0.656. The van der Waals surface area contributed by atoms with E-state index in [9.17, 15) is 4.79 Å². The second-order valence-corrected chi connectivity index (χ2v) is 4.23. The molecule has 90 valence electrons. The zero-order valence-electron chi connectivity index (χ0n) is 9.70. The molecule has 3 nitrogen and oxygen atoms in total. The number of carbonyl (C=O) groups excluding carboxylic acids is 1. The number of methoxy groups -OCH3 is 1. The van der Waals surface area contributed by atoms with Gasteiger partial charge in [-0.2, -0.15) is 0 Å². The molecule has 0 spiro atoms. The predicted octanol–water partition coefficient (Wildman–Crippen LogP) is 3.69. The maximum absolute atomic E-state index is 12.0. The summed E-state index contributed by atoms with van der Waals surface area (Å²) in [5, 5.41) is 1.45. The van der Waals surface area contributed by atoms with Crippen LogP contribution in [0.25, 0.3) is 11.0 Å². The number of ketones is 1. The van der Waals surface area contributed by atoms with Crippen LogP contribution in [-0.4, -0.2) is 19.0 Å². The Bertz CT molecular complexity index is 541. The van der Waals surface area contributed by atoms with E-state index in [2.05, 4.69) is 0 Å². The maximum Gasteiger partial charge on any atom is 0.226 e. The summed E-state index contributed by atoms with van der Waals surface area (Å²) >= 11 is 5.87. The van der Waals surface area contributed by atoms with Gasteiger partial charge in [0.1, 0.15) is 11.7 Å². The highest BCUT2D eigenvalue weighted by Crippen LogP contribution is 2.24. The van der Waals surface area contributed by atoms with E-state index in [1.807, 2.05) is 6.92 Å². The zero-order valence-corrected chi connectivity index (χ0v) is 10.5. The Hall–Kier alpha value is -1.32. The number of halogens is 1. The third-order valence-electron chi connectivity index (χ3n) is 2.67. The van der Waals surface area contributed by atoms with Gasteiger partial charge >= 0.3 is 0 Å². The van der Waals surface area contributed by atoms with Crippen LogP contribution in [0.15, 0.2) is 28.7 Å². The summed E-state index contributed by atoms with van der Waals surface area (Å²) in [6, 6.07) is 6.95. The predicted molar refractivity (Wildman–Crippen MR) is 66.6 cm³/mol. The van der Waals surface area contributed by atoms with Crippen molar-refractivity contribution in [2.24, 2.45) is 0 Å². The molecule has 1 aromatic heterocycles. The van der Waals surface area contributed by atoms with Crippen LogP contribution >= 0.6 is 11.6 Å². The lowest BCUT2D eigenvalue weighted by Crippen LogP contribution is -2.21. The second kappa shape index (κ2) is 4.90. The molecule has 0 amide bonds. The molecular weight excluding hydrogens is 240 g/mol. The van der Waals surface area contributed by atoms with Crippen molar-refractivity contribution in [3.63, 3.8) is 0 Å². The van der Waals surface area contributed by atoms with Crippen molar-refractivity contribution >= 4 is 28.4 Å². The van der Waals surface area contributed by atoms with Crippen LogP contribution in [-0.2, 0) is 4.74 Å². The Morgan fingerprint density at radius 1 is 1.47 bits per heavy atom. The highest BCUT2D eigenvalue weighted by Gasteiger charge is 2.21. The van der Waals surface area contributed by atoms with E-state index in [4.69, 9.17) is 20.8 Å². The molecule has 1 atom stereocenters. The van der Waals surface area contributed by atoms with Crippen molar-refractivity contribution in [1.29, 1.82) is 0 Å². The van der Waals surface area contributed by atoms with Crippen molar-refractivity contribution in [3.05, 3.63) is 35.0 Å². The van der Waals surface area contributed by atoms with E-state index >= 15 is 0 Å². The molecule has 0 saturated heterocycles. The summed E-state index contributed by atoms with van der Waals surface area (Å²) in [6.07, 6.45) is 0.165. The van der Waals surface area contributed by atoms with Crippen molar-refractivity contribution in [2.75, 3.05) is 7.11 Å². The van der Waals surface area contributed by atoms with Gasteiger partial charge in [-0.1, -0.05) is 18.5 Å². The first-order valence-corrected chi connectivity index (χ1v) is 5.79. The van der Waals surface area contributed by atoms with Crippen molar-refractivity contribution in [3.8, 4) is 0 Å². The lowest BCUT2D eigenvalue weighted by molar-refractivity contribution is 0.0570. The van der Waals surface area contributed by atoms with Crippen LogP contribution in [0, 0.1) is 0 Å². The van der Waals surface area contributed by atoms with E-state index < -0.39 is 6.10 Å². The van der Waals surface area contributed by atoms with Crippen LogP contribution < -0.4 is 0 Å². The quantitative estimate of drug-likeness (QED) is 0.779. The molecule has 0 aliphatic heterocycles. The fraction of sp³-hybridized carbons (Fsp3) is 0.308. The fourth-order valence-corrected chi connectivity index (χ4v) is 1.93. The number of furan rings is 1. The van der Waals surface area contributed by atoms with Crippen LogP contribution in [0.3, 0.4) is 0 Å². The van der Waals surface area contributed by atoms with Crippen LogP contribution in [0.4, 0.5) is 0 Å². The highest BCUT2D eigenvalue weighted by atomic mass is 35.5. The molecule has 2 rings (SSSR count). The van der Waals surface area contributed by atoms with Gasteiger partial charge in [0.05, 0.1) is 0 Å². The molecule has 2 aromatic rings. The van der Waals surface area contributed by atoms with Gasteiger partial charge in [-0.15, -0.1) is 0 Å². The molecular formula is C13H13ClO3. The molecule has 1 heterocycles. The van der Waals surface area contributed by atoms with Crippen LogP contribution in [0.5, 0.6) is 0 Å². The molecule has 0 radical (unpaired) electrons. The first kappa shape index (κ1) is 12.1. The van der Waals surface area contributed by atoms with Gasteiger partial charge in [-0.3, -0.25) is 4.79 Å². The highest BCUT2D eigenvalue weighted by molar-refractivity contribution is 6.31. The first-order chi connectivity index (χ1) is 8.15. The van der Waals surface area contributed by atoms with Gasteiger partial charge in [0.25, 0.3) is 0 Å². The van der Waals surface area contributed by atoms with Crippen LogP contribution in [0.2, 0.25) is 5.02 Å². The van der Waals surface area contributed by atoms with Gasteiger partial charge in [-0.25, -0.2) is 0 Å². The smallest absolute Gasteiger partial charge is 0.226 e. The Balaban J connectivity index is 2.39. The lowest BCUT2D eigenvalue weighted by atomic mass is 10.1. The van der Waals surface area contributed by atoms with Gasteiger partial charge in [-0.05, 0) is 30.7 Å². The van der Waals surface area contributed by atoms with Crippen molar-refractivity contribution in [2.45, 2.75) is 19.4 Å². The molecule has 1 aromatic carbocycles. The van der Waals surface area contributed by atoms with Gasteiger partial charge < -0.3 is 9.15 Å². The van der Waals surface area contributed by atoms with E-state index in [1.165, 1.54) is 7.11 Å². The van der Waals surface area contributed by atoms with E-state index in [-0.39, 0.29) is 5.78 Å². The molecule has 0 N–H and O–H groups in total. The molecule has 17 heavy (non-hydrogen) atoms. The minimum Gasteiger partial charge on any atom is -0.453 e. The van der Waals surface area contributed by atoms with Gasteiger partial charge in [0.2, 0.25) is 5.78 Å². The number of Topliss-reactive ketones (excluding diaryl/α,β-unsaturated/α-hetero) is 1. The number of carbonyl (C=O) groups is 1. The monoisotopic (exact) mass is 252 g/mol. The molecule has 1 unspecified atom stereocenters. The maximum atomic E-state index is 12.0. The van der Waals surface area contributed by atoms with E-state index in [0.29, 0.717) is 22.8 Å². The average molecular weight is 253 g/mol. The molecule has 0 fully saturated rings. The Morgan fingerprint density at radius 3 is 2.88 bits per heavy atom. The van der Waals surface area contributed by atoms with Crippen LogP contribution in [0.1, 0.15) is 23.9 Å². The summed E-state index contributed by atoms with van der Waals surface area (Å²) in [5.74, 6) is 0.179. The Kier molecular flexibility index (Phi) is 3.50. The third-order valence-corrected chi connectivity index (χ3v) is 2.90. The summed E-state index contributed by atoms with van der Waals surface area (Å²) in [6.45, 7) is 1.89. The standard InChI is InChI=1S/C13H13ClO3/c1-3-10(16-2)13(15)12-7-8-6-9(14)4-5-11(8)17-12/h4-7,10H,3H2,1-2H3. The number of rotatable bonds is 4. The Labute approximate surface area is 104 Å². The minimum absolute atomic E-state index is 0.137. The molecule has 0 bridgehead atoms. The number of benzene rings is 1. The number of ether oxygens (including phenoxy) is 1. The summed E-state index contributed by atoms with van der Waals surface area (Å²) in [4.78, 5) is 12.0. The second-order valence-electron chi connectivity index (χ2n) is 3.79. The number of fused-ring (bicyclic) bond motifs is 1. The number of hydrogen-bond donors (Lipinski definition) is 0. The summed E-state index contributed by atoms with van der Waals surface area (Å²) < 4.78 is 10.6. The van der Waals surface area contributed by atoms with E-state index in [1.54, 1.807) is 24.3 Å². The lowest BCUT2D eigenvalue weighted by Gasteiger charge is -2.08. The van der Waals surface area contributed by atoms with Crippen molar-refractivity contribution < 1.29 is 13.9 Å². The van der Waals surface area contributed by atoms with Crippen molar-refractivity contribution in [1.82, 2.24) is 0 Å². The third kappa shape index (κ3) is 2.35. The number of hydrogen-bond acceptors (Lipinski definition) is 3. The topological polar surface area (TPSA) is 39.4 Å². The molecule has 0 saturated carbocycles. The zero-order chi connectivity index (χ0) is 12.4. The molecule has 4 heteroatoms. The molecule has 0 aliphatic rings. The molecule has 0 aliphatic carbocycles. The van der Waals surface area contributed by atoms with Gasteiger partial charge in [0.15, 0.2) is 5.76 Å². The SMILES string of the molecule is CCC(OC)C(=O)c1cc2cc(Cl)ccc2o1.